The first-order chi connectivity index (χ1) is 10.4. The van der Waals surface area contributed by atoms with Gasteiger partial charge < -0.3 is 5.73 Å². The van der Waals surface area contributed by atoms with E-state index in [4.69, 9.17) is 17.3 Å². The van der Waals surface area contributed by atoms with Gasteiger partial charge in [0.15, 0.2) is 10.9 Å². The third-order valence-electron chi connectivity index (χ3n) is 3.05. The van der Waals surface area contributed by atoms with Crippen LogP contribution in [0.3, 0.4) is 0 Å². The number of nitrogens with one attached hydrogen (secondary N) is 1. The van der Waals surface area contributed by atoms with Gasteiger partial charge in [-0.15, -0.1) is 11.3 Å². The summed E-state index contributed by atoms with van der Waals surface area (Å²) in [5.41, 5.74) is 5.95. The van der Waals surface area contributed by atoms with Crippen molar-refractivity contribution in [3.05, 3.63) is 34.0 Å². The lowest BCUT2D eigenvalue weighted by Gasteiger charge is -2.13. The molecule has 0 unspecified atom stereocenters. The minimum absolute atomic E-state index is 0.143. The highest BCUT2D eigenvalue weighted by Gasteiger charge is 2.25. The van der Waals surface area contributed by atoms with Gasteiger partial charge in [-0.1, -0.05) is 24.9 Å². The van der Waals surface area contributed by atoms with E-state index in [1.54, 1.807) is 5.38 Å². The number of halogens is 2. The first kappa shape index (κ1) is 17.0. The molecule has 0 bridgehead atoms. The van der Waals surface area contributed by atoms with Crippen LogP contribution in [0.4, 0.5) is 15.2 Å². The number of sulfonamides is 1. The van der Waals surface area contributed by atoms with Crippen molar-refractivity contribution in [2.45, 2.75) is 31.1 Å². The van der Waals surface area contributed by atoms with Gasteiger partial charge in [0, 0.05) is 16.6 Å². The van der Waals surface area contributed by atoms with Crippen LogP contribution in [0.1, 0.15) is 25.3 Å². The molecule has 2 aromatic rings. The molecule has 0 saturated heterocycles. The molecular weight excluding hydrogens is 349 g/mol. The Morgan fingerprint density at radius 1 is 1.50 bits per heavy atom. The molecule has 120 valence electrons. The molecule has 0 aliphatic heterocycles. The molecule has 2 rings (SSSR count). The normalized spacial score (nSPS) is 11.6. The number of aromatic nitrogens is 1. The van der Waals surface area contributed by atoms with Crippen molar-refractivity contribution in [3.63, 3.8) is 0 Å². The number of rotatable bonds is 6. The van der Waals surface area contributed by atoms with Gasteiger partial charge in [-0.3, -0.25) is 4.72 Å². The van der Waals surface area contributed by atoms with E-state index in [0.717, 1.165) is 30.2 Å². The lowest BCUT2D eigenvalue weighted by molar-refractivity contribution is 0.571. The highest BCUT2D eigenvalue weighted by atomic mass is 35.5. The summed E-state index contributed by atoms with van der Waals surface area (Å²) in [7, 11) is -4.14. The number of unbranched alkanes of at least 4 members (excludes halogenated alkanes) is 1. The summed E-state index contributed by atoms with van der Waals surface area (Å²) in [6, 6.07) is 1.09. The third kappa shape index (κ3) is 3.50. The summed E-state index contributed by atoms with van der Waals surface area (Å²) in [6.45, 7) is 1.98. The summed E-state index contributed by atoms with van der Waals surface area (Å²) < 4.78 is 41.1. The van der Waals surface area contributed by atoms with Crippen molar-refractivity contribution in [3.8, 4) is 0 Å². The Hall–Kier alpha value is -1.38. The molecular formula is C13H15ClFN3O2S2. The molecule has 3 N–H and O–H groups in total. The fourth-order valence-corrected chi connectivity index (χ4v) is 4.18. The quantitative estimate of drug-likeness (QED) is 0.767. The van der Waals surface area contributed by atoms with Crippen LogP contribution in [0, 0.1) is 5.82 Å². The number of nitrogens with two attached hydrogens (primary N) is 1. The van der Waals surface area contributed by atoms with Crippen molar-refractivity contribution in [2.75, 3.05) is 10.5 Å². The van der Waals surface area contributed by atoms with E-state index in [-0.39, 0.29) is 15.8 Å². The number of thiazole rings is 1. The van der Waals surface area contributed by atoms with Gasteiger partial charge in [-0.25, -0.2) is 17.8 Å². The second kappa shape index (κ2) is 6.80. The van der Waals surface area contributed by atoms with Crippen molar-refractivity contribution >= 4 is 43.8 Å². The van der Waals surface area contributed by atoms with Crippen LogP contribution in [0.15, 0.2) is 22.5 Å². The summed E-state index contributed by atoms with van der Waals surface area (Å²) in [5, 5.41) is 1.89. The Morgan fingerprint density at radius 3 is 2.82 bits per heavy atom. The molecule has 5 nitrogen and oxygen atoms in total. The Balaban J connectivity index is 2.43. The van der Waals surface area contributed by atoms with Crippen molar-refractivity contribution in [1.29, 1.82) is 0 Å². The molecule has 0 aliphatic rings. The average Bonchev–Trinajstić information content (AvgIpc) is 2.94. The summed E-state index contributed by atoms with van der Waals surface area (Å²) in [4.78, 5) is 3.22. The van der Waals surface area contributed by atoms with E-state index < -0.39 is 20.7 Å². The number of anilines is 2. The van der Waals surface area contributed by atoms with Crippen molar-refractivity contribution < 1.29 is 12.8 Å². The molecule has 1 aromatic heterocycles. The number of hydrogen-bond acceptors (Lipinski definition) is 5. The topological polar surface area (TPSA) is 85.1 Å². The second-order valence-corrected chi connectivity index (χ2v) is 7.56. The van der Waals surface area contributed by atoms with Gasteiger partial charge in [0.1, 0.15) is 4.90 Å². The summed E-state index contributed by atoms with van der Waals surface area (Å²) >= 11 is 7.16. The molecule has 1 aromatic carbocycles. The molecule has 0 fully saturated rings. The summed E-state index contributed by atoms with van der Waals surface area (Å²) in [5.74, 6) is -0.987. The molecule has 0 amide bonds. The lowest BCUT2D eigenvalue weighted by atomic mass is 10.1. The highest BCUT2D eigenvalue weighted by molar-refractivity contribution is 7.93. The van der Waals surface area contributed by atoms with E-state index in [0.29, 0.717) is 12.0 Å². The average molecular weight is 364 g/mol. The zero-order valence-electron chi connectivity index (χ0n) is 11.8. The number of benzene rings is 1. The molecule has 22 heavy (non-hydrogen) atoms. The first-order valence-electron chi connectivity index (χ1n) is 6.55. The molecule has 0 radical (unpaired) electrons. The van der Waals surface area contributed by atoms with Crippen LogP contribution in [0.5, 0.6) is 0 Å². The largest absolute Gasteiger partial charge is 0.396 e. The van der Waals surface area contributed by atoms with Gasteiger partial charge >= 0.3 is 0 Å². The monoisotopic (exact) mass is 363 g/mol. The fourth-order valence-electron chi connectivity index (χ4n) is 1.91. The van der Waals surface area contributed by atoms with E-state index in [1.165, 1.54) is 6.20 Å². The Morgan fingerprint density at radius 2 is 2.23 bits per heavy atom. The highest BCUT2D eigenvalue weighted by Crippen LogP contribution is 2.32. The molecule has 0 aliphatic carbocycles. The minimum Gasteiger partial charge on any atom is -0.396 e. The maximum Gasteiger partial charge on any atom is 0.266 e. The van der Waals surface area contributed by atoms with Crippen molar-refractivity contribution in [2.24, 2.45) is 0 Å². The van der Waals surface area contributed by atoms with Gasteiger partial charge in [0.05, 0.1) is 5.69 Å². The minimum atomic E-state index is -4.14. The molecule has 9 heteroatoms. The van der Waals surface area contributed by atoms with Gasteiger partial charge in [0.2, 0.25) is 0 Å². The van der Waals surface area contributed by atoms with Crippen LogP contribution < -0.4 is 10.5 Å². The molecule has 0 spiro atoms. The predicted octanol–water partition coefficient (Wildman–Crippen LogP) is 3.66. The number of nitrogen functional groups attached to an aromatic ring is 1. The van der Waals surface area contributed by atoms with Crippen LogP contribution in [0.25, 0.3) is 0 Å². The zero-order chi connectivity index (χ0) is 16.3. The smallest absolute Gasteiger partial charge is 0.266 e. The van der Waals surface area contributed by atoms with Crippen LogP contribution in [-0.2, 0) is 16.4 Å². The first-order valence-corrected chi connectivity index (χ1v) is 9.29. The Kier molecular flexibility index (Phi) is 5.25. The number of nitrogens with zero attached hydrogens (tertiary/aromatic N) is 1. The maximum atomic E-state index is 14.4. The second-order valence-electron chi connectivity index (χ2n) is 4.61. The molecule has 1 heterocycles. The summed E-state index contributed by atoms with van der Waals surface area (Å²) in [6.07, 6.45) is 3.61. The molecule has 0 atom stereocenters. The van der Waals surface area contributed by atoms with Gasteiger partial charge in [-0.2, -0.15) is 0 Å². The standard InChI is InChI=1S/C13H15ClFN3O2S2/c1-2-3-4-8-9(14)7-10(11(15)12(8)16)22(19,20)18-13-17-5-6-21-13/h5-7H,2-4,16H2,1H3,(H,17,18). The third-order valence-corrected chi connectivity index (χ3v) is 5.54. The van der Waals surface area contributed by atoms with Crippen LogP contribution in [-0.4, -0.2) is 13.4 Å². The Bertz CT molecular complexity index is 764. The molecule has 0 saturated carbocycles. The predicted molar refractivity (Wildman–Crippen MR) is 87.4 cm³/mol. The van der Waals surface area contributed by atoms with E-state index in [1.807, 2.05) is 6.92 Å². The van der Waals surface area contributed by atoms with Crippen LogP contribution >= 0.6 is 22.9 Å². The number of hydrogen-bond donors (Lipinski definition) is 2. The van der Waals surface area contributed by atoms with Gasteiger partial charge in [0.25, 0.3) is 10.0 Å². The zero-order valence-corrected chi connectivity index (χ0v) is 14.2. The van der Waals surface area contributed by atoms with E-state index >= 15 is 0 Å². The van der Waals surface area contributed by atoms with E-state index in [9.17, 15) is 12.8 Å². The van der Waals surface area contributed by atoms with E-state index in [2.05, 4.69) is 9.71 Å². The van der Waals surface area contributed by atoms with Gasteiger partial charge in [-0.05, 0) is 24.5 Å². The Labute approximate surface area is 137 Å². The SMILES string of the molecule is CCCCc1c(Cl)cc(S(=O)(=O)Nc2nccs2)c(F)c1N. The lowest BCUT2D eigenvalue weighted by Crippen LogP contribution is -2.16. The van der Waals surface area contributed by atoms with Crippen molar-refractivity contribution in [1.82, 2.24) is 4.98 Å². The fraction of sp³-hybridized carbons (Fsp3) is 0.308. The maximum absolute atomic E-state index is 14.4. The van der Waals surface area contributed by atoms with Crippen LogP contribution in [0.2, 0.25) is 5.02 Å².